The maximum absolute atomic E-state index is 12.3. The molecule has 0 aliphatic carbocycles. The van der Waals surface area contributed by atoms with Crippen LogP contribution in [0.5, 0.6) is 5.75 Å². The average Bonchev–Trinajstić information content (AvgIpc) is 2.91. The zero-order chi connectivity index (χ0) is 14.8. The van der Waals surface area contributed by atoms with Gasteiger partial charge in [0.05, 0.1) is 12.8 Å². The summed E-state index contributed by atoms with van der Waals surface area (Å²) in [5, 5.41) is 1.73. The topological polar surface area (TPSA) is 81.4 Å². The van der Waals surface area contributed by atoms with Gasteiger partial charge >= 0.3 is 0 Å². The van der Waals surface area contributed by atoms with Crippen LogP contribution in [0.1, 0.15) is 5.56 Å². The second-order valence-corrected chi connectivity index (χ2v) is 7.60. The van der Waals surface area contributed by atoms with Gasteiger partial charge in [-0.2, -0.15) is 0 Å². The number of nitrogens with two attached hydrogens (primary N) is 1. The van der Waals surface area contributed by atoms with Gasteiger partial charge in [-0.1, -0.05) is 0 Å². The molecule has 0 fully saturated rings. The van der Waals surface area contributed by atoms with Gasteiger partial charge in [0.2, 0.25) is 0 Å². The molecule has 0 atom stereocenters. The lowest BCUT2D eigenvalue weighted by atomic mass is 10.3. The van der Waals surface area contributed by atoms with E-state index < -0.39 is 10.0 Å². The Morgan fingerprint density at radius 3 is 2.75 bits per heavy atom. The van der Waals surface area contributed by atoms with Crippen LogP contribution < -0.4 is 15.2 Å². The molecule has 0 aliphatic heterocycles. The molecule has 108 valence electrons. The van der Waals surface area contributed by atoms with Crippen molar-refractivity contribution in [2.24, 2.45) is 5.73 Å². The third-order valence-corrected chi connectivity index (χ3v) is 6.09. The first kappa shape index (κ1) is 15.3. The minimum atomic E-state index is -3.62. The van der Waals surface area contributed by atoms with Crippen molar-refractivity contribution in [1.29, 1.82) is 0 Å². The number of anilines is 1. The Bertz CT molecular complexity index is 713. The molecule has 20 heavy (non-hydrogen) atoms. The number of sulfonamides is 1. The third-order valence-electron chi connectivity index (χ3n) is 2.55. The summed E-state index contributed by atoms with van der Waals surface area (Å²) in [6.45, 7) is 0.314. The highest BCUT2D eigenvalue weighted by atomic mass is 79.9. The van der Waals surface area contributed by atoms with E-state index in [1.165, 1.54) is 7.11 Å². The molecule has 0 aliphatic rings. The molecular weight excluding hydrogens is 364 g/mol. The van der Waals surface area contributed by atoms with E-state index in [1.54, 1.807) is 29.6 Å². The lowest BCUT2D eigenvalue weighted by Crippen LogP contribution is -2.12. The molecule has 0 amide bonds. The van der Waals surface area contributed by atoms with Gasteiger partial charge in [-0.05, 0) is 45.1 Å². The molecule has 2 rings (SSSR count). The van der Waals surface area contributed by atoms with Gasteiger partial charge in [-0.3, -0.25) is 4.72 Å². The second kappa shape index (κ2) is 6.13. The molecule has 1 heterocycles. The average molecular weight is 377 g/mol. The van der Waals surface area contributed by atoms with E-state index in [0.29, 0.717) is 22.5 Å². The van der Waals surface area contributed by atoms with Crippen LogP contribution in [0.2, 0.25) is 0 Å². The predicted molar refractivity (Wildman–Crippen MR) is 83.7 cm³/mol. The van der Waals surface area contributed by atoms with Crippen LogP contribution in [0.25, 0.3) is 0 Å². The summed E-state index contributed by atoms with van der Waals surface area (Å²) in [4.78, 5) is 0. The number of methoxy groups -OCH3 is 1. The van der Waals surface area contributed by atoms with Crippen LogP contribution in [0.15, 0.2) is 38.3 Å². The Balaban J connectivity index is 2.32. The van der Waals surface area contributed by atoms with E-state index in [2.05, 4.69) is 20.7 Å². The van der Waals surface area contributed by atoms with Gasteiger partial charge in [0.1, 0.15) is 9.96 Å². The molecule has 0 bridgehead atoms. The highest BCUT2D eigenvalue weighted by Crippen LogP contribution is 2.30. The van der Waals surface area contributed by atoms with E-state index in [9.17, 15) is 8.42 Å². The van der Waals surface area contributed by atoms with Gasteiger partial charge < -0.3 is 10.5 Å². The summed E-state index contributed by atoms with van der Waals surface area (Å²) >= 11 is 4.44. The smallest absolute Gasteiger partial charge is 0.271 e. The maximum atomic E-state index is 12.3. The monoisotopic (exact) mass is 376 g/mol. The van der Waals surface area contributed by atoms with E-state index in [4.69, 9.17) is 10.5 Å². The molecule has 5 nitrogen and oxygen atoms in total. The van der Waals surface area contributed by atoms with Crippen LogP contribution >= 0.6 is 27.3 Å². The summed E-state index contributed by atoms with van der Waals surface area (Å²) in [5.74, 6) is 0.569. The molecule has 1 aromatic carbocycles. The van der Waals surface area contributed by atoms with Gasteiger partial charge in [-0.15, -0.1) is 11.3 Å². The summed E-state index contributed by atoms with van der Waals surface area (Å²) in [6.07, 6.45) is 0. The van der Waals surface area contributed by atoms with Crippen molar-refractivity contribution in [3.63, 3.8) is 0 Å². The van der Waals surface area contributed by atoms with Gasteiger partial charge in [0.25, 0.3) is 10.0 Å². The second-order valence-electron chi connectivity index (χ2n) is 3.93. The SMILES string of the molecule is COc1ccc(Br)c(NS(=O)(=O)c2cc(CN)cs2)c1. The van der Waals surface area contributed by atoms with E-state index >= 15 is 0 Å². The number of ether oxygens (including phenoxy) is 1. The summed E-state index contributed by atoms with van der Waals surface area (Å²) in [5.41, 5.74) is 6.70. The predicted octanol–water partition coefficient (Wildman–Crippen LogP) is 2.78. The fourth-order valence-electron chi connectivity index (χ4n) is 1.51. The normalized spacial score (nSPS) is 11.3. The highest BCUT2D eigenvalue weighted by molar-refractivity contribution is 9.10. The van der Waals surface area contributed by atoms with E-state index in [-0.39, 0.29) is 4.21 Å². The molecular formula is C12H13BrN2O3S2. The number of hydrogen-bond donors (Lipinski definition) is 2. The van der Waals surface area contributed by atoms with Crippen LogP contribution in [0, 0.1) is 0 Å². The quantitative estimate of drug-likeness (QED) is 0.840. The molecule has 1 aromatic heterocycles. The first-order chi connectivity index (χ1) is 9.46. The maximum Gasteiger partial charge on any atom is 0.271 e. The van der Waals surface area contributed by atoms with Crippen molar-refractivity contribution >= 4 is 43.0 Å². The molecule has 0 saturated carbocycles. The molecule has 0 spiro atoms. The Hall–Kier alpha value is -1.09. The first-order valence-corrected chi connectivity index (χ1v) is 8.75. The Morgan fingerprint density at radius 2 is 2.15 bits per heavy atom. The van der Waals surface area contributed by atoms with Crippen molar-refractivity contribution in [2.75, 3.05) is 11.8 Å². The first-order valence-electron chi connectivity index (χ1n) is 5.60. The molecule has 0 unspecified atom stereocenters. The molecule has 0 saturated heterocycles. The highest BCUT2D eigenvalue weighted by Gasteiger charge is 2.18. The Kier molecular flexibility index (Phi) is 4.69. The number of halogens is 1. The summed E-state index contributed by atoms with van der Waals surface area (Å²) < 4.78 is 33.0. The standard InChI is InChI=1S/C12H13BrN2O3S2/c1-18-9-2-3-10(13)11(5-9)15-20(16,17)12-4-8(6-14)7-19-12/h2-5,7,15H,6,14H2,1H3. The Morgan fingerprint density at radius 1 is 1.40 bits per heavy atom. The number of rotatable bonds is 5. The molecule has 8 heteroatoms. The van der Waals surface area contributed by atoms with E-state index in [0.717, 1.165) is 16.9 Å². The zero-order valence-corrected chi connectivity index (χ0v) is 13.8. The van der Waals surface area contributed by atoms with Crippen molar-refractivity contribution < 1.29 is 13.2 Å². The van der Waals surface area contributed by atoms with Crippen LogP contribution in [-0.4, -0.2) is 15.5 Å². The van der Waals surface area contributed by atoms with Gasteiger partial charge in [-0.25, -0.2) is 8.42 Å². The number of hydrogen-bond acceptors (Lipinski definition) is 5. The van der Waals surface area contributed by atoms with Crippen LogP contribution in [0.3, 0.4) is 0 Å². The Labute approximate surface area is 129 Å². The van der Waals surface area contributed by atoms with Crippen LogP contribution in [0.4, 0.5) is 5.69 Å². The molecule has 0 radical (unpaired) electrons. The van der Waals surface area contributed by atoms with Crippen molar-refractivity contribution in [3.05, 3.63) is 39.7 Å². The van der Waals surface area contributed by atoms with Crippen LogP contribution in [-0.2, 0) is 16.6 Å². The minimum absolute atomic E-state index is 0.229. The van der Waals surface area contributed by atoms with Gasteiger partial charge in [0, 0.05) is 17.1 Å². The van der Waals surface area contributed by atoms with Crippen molar-refractivity contribution in [3.8, 4) is 5.75 Å². The minimum Gasteiger partial charge on any atom is -0.497 e. The van der Waals surface area contributed by atoms with E-state index in [1.807, 2.05) is 0 Å². The van der Waals surface area contributed by atoms with Gasteiger partial charge in [0.15, 0.2) is 0 Å². The third kappa shape index (κ3) is 3.32. The number of nitrogens with one attached hydrogen (secondary N) is 1. The van der Waals surface area contributed by atoms with Crippen molar-refractivity contribution in [2.45, 2.75) is 10.8 Å². The fourth-order valence-corrected chi connectivity index (χ4v) is 4.28. The number of benzene rings is 1. The fraction of sp³-hybridized carbons (Fsp3) is 0.167. The summed E-state index contributed by atoms with van der Waals surface area (Å²) in [7, 11) is -2.10. The molecule has 2 aromatic rings. The van der Waals surface area contributed by atoms with Crippen molar-refractivity contribution in [1.82, 2.24) is 0 Å². The summed E-state index contributed by atoms with van der Waals surface area (Å²) in [6, 6.07) is 6.64. The number of thiophene rings is 1. The molecule has 3 N–H and O–H groups in total. The zero-order valence-electron chi connectivity index (χ0n) is 10.6. The largest absolute Gasteiger partial charge is 0.497 e. The lowest BCUT2D eigenvalue weighted by Gasteiger charge is -2.10. The lowest BCUT2D eigenvalue weighted by molar-refractivity contribution is 0.415.